The molecule has 0 saturated carbocycles. The van der Waals surface area contributed by atoms with Crippen LogP contribution in [-0.2, 0) is 0 Å². The number of halogens is 69. The Morgan fingerprint density at radius 2 is 0.193 bits per heavy atom. The molecule has 0 bridgehead atoms. The molecule has 0 fully saturated rings. The van der Waals surface area contributed by atoms with E-state index in [2.05, 4.69) is 0 Å². The van der Waals surface area contributed by atoms with E-state index in [9.17, 15) is 263 Å². The molecule has 0 aliphatic heterocycles. The third-order valence-electron chi connectivity index (χ3n) is 15.6. The van der Waals surface area contributed by atoms with E-state index in [1.54, 1.807) is 0 Å². The van der Waals surface area contributed by atoms with Crippen LogP contribution in [0, 0.1) is 0 Å². The molecule has 70 heteroatoms. The molecule has 0 aromatic carbocycles. The standard InChI is InChI=1S/C44H24F68N.BrH/c45-13(46,17(53,54)21(61,62)25(69,70)29(77,78)33(85,86)37(93,94)41(101,102)103)5-1-9-113(10-2-6-14(47,48)18(55,56)22(63,64)26(71,72)30(79,80)34(87,88)38(95,96)42(104,105)106,11-3-7-15(49,50)19(57,58)23(65,66)27(73,74)31(81,82)35(89,90)39(97,98)43(107,108)109)12-4-8-16(51,52)20(59,60)24(67,68)28(75,76)32(83,84)36(91,92)40(99,100)44(110,111)112;/h1-12H2;1H/q+1;/p-1. The molecule has 0 N–H and O–H groups in total. The third-order valence-corrected chi connectivity index (χ3v) is 15.6. The fourth-order valence-corrected chi connectivity index (χ4v) is 8.63. The van der Waals surface area contributed by atoms with Crippen molar-refractivity contribution in [2.75, 3.05) is 26.2 Å². The zero-order chi connectivity index (χ0) is 93.0. The average molecular weight is 1940 g/mol. The van der Waals surface area contributed by atoms with Gasteiger partial charge in [-0.3, -0.25) is 0 Å². The molecule has 0 heterocycles. The van der Waals surface area contributed by atoms with Gasteiger partial charge < -0.3 is 21.5 Å². The Kier molecular flexibility index (Phi) is 29.2. The lowest BCUT2D eigenvalue weighted by molar-refractivity contribution is -0.929. The van der Waals surface area contributed by atoms with Crippen molar-refractivity contribution in [2.45, 2.75) is 242 Å². The fraction of sp³-hybridized carbons (Fsp3) is 1.00. The van der Waals surface area contributed by atoms with Gasteiger partial charge in [0.05, 0.1) is 26.2 Å². The second-order valence-electron chi connectivity index (χ2n) is 23.2. The summed E-state index contributed by atoms with van der Waals surface area (Å²) in [5, 5.41) is 0. The number of quaternary nitrogens is 1. The van der Waals surface area contributed by atoms with Gasteiger partial charge in [-0.25, -0.2) is 0 Å². The van der Waals surface area contributed by atoms with E-state index in [0.29, 0.717) is 0 Å². The first-order chi connectivity index (χ1) is 47.8. The van der Waals surface area contributed by atoms with Crippen molar-refractivity contribution in [3.63, 3.8) is 0 Å². The fourth-order valence-electron chi connectivity index (χ4n) is 8.63. The summed E-state index contributed by atoms with van der Waals surface area (Å²) in [5.74, 6) is -262. The monoisotopic (exact) mass is 1940 g/mol. The van der Waals surface area contributed by atoms with Crippen LogP contribution in [0.1, 0.15) is 51.4 Å². The van der Waals surface area contributed by atoms with Crippen molar-refractivity contribution in [2.24, 2.45) is 0 Å². The van der Waals surface area contributed by atoms with Gasteiger partial charge in [0, 0.05) is 51.4 Å². The molecule has 0 aliphatic carbocycles. The van der Waals surface area contributed by atoms with Gasteiger partial charge in [0.25, 0.3) is 0 Å². The van der Waals surface area contributed by atoms with Crippen LogP contribution in [-0.4, -0.2) is 221 Å². The molecule has 1 nitrogen and oxygen atoms in total. The van der Waals surface area contributed by atoms with E-state index in [1.165, 1.54) is 0 Å². The zero-order valence-electron chi connectivity index (χ0n) is 51.0. The molecule has 0 rings (SSSR count). The highest BCUT2D eigenvalue weighted by Gasteiger charge is 3.00. The average Bonchev–Trinajstić information content (AvgIpc) is 0.709. The predicted molar refractivity (Wildman–Crippen MR) is 219 cm³/mol. The Morgan fingerprint density at radius 1 is 0.114 bits per heavy atom. The van der Waals surface area contributed by atoms with E-state index >= 15 is 35.1 Å². The van der Waals surface area contributed by atoms with Gasteiger partial charge in [-0.1, -0.05) is 0 Å². The van der Waals surface area contributed by atoms with Crippen molar-refractivity contribution in [3.05, 3.63) is 0 Å². The number of alkyl halides is 68. The highest BCUT2D eigenvalue weighted by molar-refractivity contribution is 5.20. The number of hydrogen-bond acceptors (Lipinski definition) is 0. The van der Waals surface area contributed by atoms with E-state index in [1.807, 2.05) is 0 Å². The summed E-state index contributed by atoms with van der Waals surface area (Å²) in [6.45, 7) is -14.6. The number of hydrogen-bond donors (Lipinski definition) is 0. The molecule has 114 heavy (non-hydrogen) atoms. The van der Waals surface area contributed by atoms with Crippen LogP contribution >= 0.6 is 0 Å². The Balaban J connectivity index is 0. The van der Waals surface area contributed by atoms with Gasteiger partial charge in [0.1, 0.15) is 0 Å². The van der Waals surface area contributed by atoms with Crippen molar-refractivity contribution in [1.82, 2.24) is 0 Å². The maximum atomic E-state index is 15.1. The minimum atomic E-state index is -9.82. The summed E-state index contributed by atoms with van der Waals surface area (Å²) < 4.78 is 947. The van der Waals surface area contributed by atoms with Crippen LogP contribution < -0.4 is 17.0 Å². The summed E-state index contributed by atoms with van der Waals surface area (Å²) in [6.07, 6.45) is -67.6. The van der Waals surface area contributed by atoms with Crippen LogP contribution in [0.2, 0.25) is 0 Å². The summed E-state index contributed by atoms with van der Waals surface area (Å²) >= 11 is 0. The molecule has 0 atom stereocenters. The first-order valence-electron chi connectivity index (χ1n) is 26.5. The topological polar surface area (TPSA) is 0 Å². The molecular formula is C44H24BrF68N. The first-order valence-corrected chi connectivity index (χ1v) is 26.5. The van der Waals surface area contributed by atoms with E-state index < -0.39 is 273 Å². The Morgan fingerprint density at radius 3 is 0.281 bits per heavy atom. The molecule has 0 amide bonds. The van der Waals surface area contributed by atoms with Gasteiger partial charge in [0.2, 0.25) is 0 Å². The third kappa shape index (κ3) is 15.7. The summed E-state index contributed by atoms with van der Waals surface area (Å²) in [7, 11) is 0. The van der Waals surface area contributed by atoms with E-state index in [4.69, 9.17) is 0 Å². The second kappa shape index (κ2) is 29.8. The summed E-state index contributed by atoms with van der Waals surface area (Å²) in [6, 6.07) is 0. The molecule has 0 aromatic rings. The minimum absolute atomic E-state index is 0. The molecule has 688 valence electrons. The van der Waals surface area contributed by atoms with Crippen LogP contribution in [0.15, 0.2) is 0 Å². The number of nitrogens with zero attached hydrogens (tertiary/aromatic N) is 1. The predicted octanol–water partition coefficient (Wildman–Crippen LogP) is 22.0. The van der Waals surface area contributed by atoms with Crippen LogP contribution in [0.25, 0.3) is 0 Å². The van der Waals surface area contributed by atoms with Crippen molar-refractivity contribution in [3.8, 4) is 0 Å². The Hall–Kier alpha value is -4.32. The van der Waals surface area contributed by atoms with Gasteiger partial charge in [0.15, 0.2) is 0 Å². The molecular weight excluding hydrogens is 1910 g/mol. The largest absolute Gasteiger partial charge is 1.00 e. The molecule has 0 saturated heterocycles. The highest BCUT2D eigenvalue weighted by Crippen LogP contribution is 2.71. The normalized spacial score (nSPS) is 16.9. The maximum Gasteiger partial charge on any atom is 0.460 e. The molecule has 0 aliphatic rings. The van der Waals surface area contributed by atoms with Crippen LogP contribution in [0.5, 0.6) is 0 Å². The Bertz CT molecular complexity index is 2790. The Labute approximate surface area is 588 Å². The lowest BCUT2D eigenvalue weighted by Crippen LogP contribution is -3.00. The SMILES string of the molecule is FC(F)(F)C(F)(F)C(F)(F)C(F)(F)C(F)(F)C(F)(F)C(F)(F)C(F)(F)CCC[N+](CCCC(F)(F)C(F)(F)C(F)(F)C(F)(F)C(F)(F)C(F)(F)C(F)(F)C(F)(F)F)(CCCC(F)(F)C(F)(F)C(F)(F)C(F)(F)C(F)(F)C(F)(F)C(F)(F)C(F)(F)F)CCCC(F)(F)C(F)(F)C(F)(F)C(F)(F)C(F)(F)C(F)(F)C(F)(F)C(F)(F)F.[Br-]. The van der Waals surface area contributed by atoms with Gasteiger partial charge in [-0.2, -0.15) is 299 Å². The van der Waals surface area contributed by atoms with Crippen LogP contribution in [0.3, 0.4) is 0 Å². The first kappa shape index (κ1) is 112. The van der Waals surface area contributed by atoms with Gasteiger partial charge in [-0.05, 0) is 0 Å². The lowest BCUT2D eigenvalue weighted by Gasteiger charge is -2.44. The molecule has 0 spiro atoms. The minimum Gasteiger partial charge on any atom is -1.00 e. The van der Waals surface area contributed by atoms with Gasteiger partial charge >= 0.3 is 191 Å². The summed E-state index contributed by atoms with van der Waals surface area (Å²) in [4.78, 5) is 0. The zero-order valence-corrected chi connectivity index (χ0v) is 52.6. The van der Waals surface area contributed by atoms with E-state index in [-0.39, 0.29) is 17.0 Å². The second-order valence-corrected chi connectivity index (χ2v) is 23.2. The smallest absolute Gasteiger partial charge is 0.460 e. The lowest BCUT2D eigenvalue weighted by atomic mass is 9.87. The van der Waals surface area contributed by atoms with Crippen molar-refractivity contribution in [1.29, 1.82) is 0 Å². The van der Waals surface area contributed by atoms with E-state index in [0.717, 1.165) is 0 Å². The van der Waals surface area contributed by atoms with Crippen molar-refractivity contribution < 1.29 is 320 Å². The molecule has 0 unspecified atom stereocenters. The van der Waals surface area contributed by atoms with Crippen molar-refractivity contribution >= 4 is 0 Å². The summed E-state index contributed by atoms with van der Waals surface area (Å²) in [5.41, 5.74) is 0. The molecule has 0 radical (unpaired) electrons. The maximum absolute atomic E-state index is 15.1. The number of rotatable bonds is 40. The van der Waals surface area contributed by atoms with Gasteiger partial charge in [-0.15, -0.1) is 0 Å². The molecule has 0 aromatic heterocycles. The van der Waals surface area contributed by atoms with Crippen LogP contribution in [0.4, 0.5) is 299 Å². The highest BCUT2D eigenvalue weighted by atomic mass is 79.9. The quantitative estimate of drug-likeness (QED) is 0.0424.